The van der Waals surface area contributed by atoms with Gasteiger partial charge in [0.05, 0.1) is 12.3 Å². The Morgan fingerprint density at radius 1 is 1.08 bits per heavy atom. The van der Waals surface area contributed by atoms with Crippen molar-refractivity contribution in [3.05, 3.63) is 60.2 Å². The maximum atomic E-state index is 5.63. The van der Waals surface area contributed by atoms with Gasteiger partial charge in [0.2, 0.25) is 0 Å². The molecule has 0 spiro atoms. The van der Waals surface area contributed by atoms with Gasteiger partial charge in [-0.25, -0.2) is 0 Å². The molecule has 2 N–H and O–H groups in total. The molecule has 0 saturated heterocycles. The van der Waals surface area contributed by atoms with Crippen molar-refractivity contribution in [2.75, 3.05) is 11.9 Å². The molecule has 1 atom stereocenters. The van der Waals surface area contributed by atoms with E-state index in [0.29, 0.717) is 11.7 Å². The van der Waals surface area contributed by atoms with Crippen LogP contribution in [0.4, 0.5) is 5.69 Å². The first-order valence-electron chi connectivity index (χ1n) is 8.77. The second-order valence-electron chi connectivity index (χ2n) is 6.88. The standard InChI is InChI=1S/C21H28N2OS/c1-5-24-19-14-10-9-13-18(19)23-20(25)22-16(2)15-21(3,4)17-11-7-6-8-12-17/h6-14,16H,5,15H2,1-4H3,(H2,22,23,25)/t16-/m1/s1. The van der Waals surface area contributed by atoms with Gasteiger partial charge < -0.3 is 15.4 Å². The van der Waals surface area contributed by atoms with E-state index in [-0.39, 0.29) is 11.5 Å². The molecule has 0 unspecified atom stereocenters. The van der Waals surface area contributed by atoms with Crippen LogP contribution in [0, 0.1) is 0 Å². The van der Waals surface area contributed by atoms with Crippen LogP contribution in [0.1, 0.15) is 39.7 Å². The summed E-state index contributed by atoms with van der Waals surface area (Å²) in [4.78, 5) is 0. The van der Waals surface area contributed by atoms with Crippen LogP contribution in [-0.4, -0.2) is 17.8 Å². The first kappa shape index (κ1) is 19.3. The highest BCUT2D eigenvalue weighted by molar-refractivity contribution is 7.80. The Hall–Kier alpha value is -2.07. The number of rotatable bonds is 7. The Labute approximate surface area is 156 Å². The maximum absolute atomic E-state index is 5.63. The Kier molecular flexibility index (Phi) is 6.82. The molecule has 0 saturated carbocycles. The number of para-hydroxylation sites is 2. The molecule has 4 heteroatoms. The first-order chi connectivity index (χ1) is 11.9. The minimum Gasteiger partial charge on any atom is -0.492 e. The van der Waals surface area contributed by atoms with Crippen molar-refractivity contribution in [1.82, 2.24) is 5.32 Å². The Morgan fingerprint density at radius 2 is 1.72 bits per heavy atom. The molecule has 0 aromatic heterocycles. The van der Waals surface area contributed by atoms with E-state index in [1.807, 2.05) is 31.2 Å². The Morgan fingerprint density at radius 3 is 2.40 bits per heavy atom. The van der Waals surface area contributed by atoms with Crippen LogP contribution >= 0.6 is 12.2 Å². The lowest BCUT2D eigenvalue weighted by Gasteiger charge is -2.30. The summed E-state index contributed by atoms with van der Waals surface area (Å²) in [6.45, 7) is 9.29. The quantitative estimate of drug-likeness (QED) is 0.674. The number of benzene rings is 2. The molecule has 2 aromatic carbocycles. The summed E-state index contributed by atoms with van der Waals surface area (Å²) in [5.41, 5.74) is 2.30. The van der Waals surface area contributed by atoms with Crippen molar-refractivity contribution < 1.29 is 4.74 Å². The van der Waals surface area contributed by atoms with E-state index in [9.17, 15) is 0 Å². The molecule has 0 fully saturated rings. The van der Waals surface area contributed by atoms with E-state index >= 15 is 0 Å². The molecule has 134 valence electrons. The monoisotopic (exact) mass is 356 g/mol. The smallest absolute Gasteiger partial charge is 0.171 e. The van der Waals surface area contributed by atoms with Crippen LogP contribution in [0.5, 0.6) is 5.75 Å². The summed E-state index contributed by atoms with van der Waals surface area (Å²) in [6, 6.07) is 18.7. The van der Waals surface area contributed by atoms with Gasteiger partial charge in [-0.05, 0) is 55.6 Å². The highest BCUT2D eigenvalue weighted by Crippen LogP contribution is 2.28. The van der Waals surface area contributed by atoms with Crippen LogP contribution in [-0.2, 0) is 5.41 Å². The molecule has 0 radical (unpaired) electrons. The predicted octanol–water partition coefficient (Wildman–Crippen LogP) is 5.13. The zero-order valence-electron chi connectivity index (χ0n) is 15.5. The van der Waals surface area contributed by atoms with Gasteiger partial charge in [-0.2, -0.15) is 0 Å². The highest BCUT2D eigenvalue weighted by Gasteiger charge is 2.23. The molecule has 0 bridgehead atoms. The minimum absolute atomic E-state index is 0.0759. The third kappa shape index (κ3) is 5.75. The van der Waals surface area contributed by atoms with Crippen LogP contribution in [0.3, 0.4) is 0 Å². The third-order valence-corrected chi connectivity index (χ3v) is 4.40. The molecule has 0 heterocycles. The normalized spacial score (nSPS) is 12.3. The second kappa shape index (κ2) is 8.86. The van der Waals surface area contributed by atoms with E-state index in [0.717, 1.165) is 17.9 Å². The largest absolute Gasteiger partial charge is 0.492 e. The summed E-state index contributed by atoms with van der Waals surface area (Å²) < 4.78 is 5.63. The fourth-order valence-electron chi connectivity index (χ4n) is 3.06. The van der Waals surface area contributed by atoms with Crippen LogP contribution in [0.2, 0.25) is 0 Å². The van der Waals surface area contributed by atoms with Gasteiger partial charge in [-0.1, -0.05) is 56.3 Å². The van der Waals surface area contributed by atoms with Crippen molar-refractivity contribution in [3.8, 4) is 5.75 Å². The molecule has 3 nitrogen and oxygen atoms in total. The van der Waals surface area contributed by atoms with E-state index < -0.39 is 0 Å². The Bertz CT molecular complexity index is 685. The molecule has 0 aliphatic rings. The summed E-state index contributed by atoms with van der Waals surface area (Å²) in [5.74, 6) is 0.811. The second-order valence-corrected chi connectivity index (χ2v) is 7.29. The number of anilines is 1. The number of hydrogen-bond acceptors (Lipinski definition) is 2. The van der Waals surface area contributed by atoms with Gasteiger partial charge in [0.25, 0.3) is 0 Å². The number of ether oxygens (including phenoxy) is 1. The van der Waals surface area contributed by atoms with Gasteiger partial charge in [0.1, 0.15) is 5.75 Å². The van der Waals surface area contributed by atoms with Crippen LogP contribution in [0.25, 0.3) is 0 Å². The lowest BCUT2D eigenvalue weighted by Crippen LogP contribution is -2.39. The van der Waals surface area contributed by atoms with Gasteiger partial charge in [0, 0.05) is 6.04 Å². The lowest BCUT2D eigenvalue weighted by atomic mass is 9.79. The lowest BCUT2D eigenvalue weighted by molar-refractivity contribution is 0.342. The van der Waals surface area contributed by atoms with Crippen molar-refractivity contribution >= 4 is 23.0 Å². The average molecular weight is 357 g/mol. The van der Waals surface area contributed by atoms with Gasteiger partial charge in [-0.15, -0.1) is 0 Å². The third-order valence-electron chi connectivity index (χ3n) is 4.18. The van der Waals surface area contributed by atoms with Gasteiger partial charge in [0.15, 0.2) is 5.11 Å². The van der Waals surface area contributed by atoms with E-state index in [1.165, 1.54) is 5.56 Å². The summed E-state index contributed by atoms with van der Waals surface area (Å²) in [5, 5.41) is 7.25. The van der Waals surface area contributed by atoms with Crippen molar-refractivity contribution in [1.29, 1.82) is 0 Å². The summed E-state index contributed by atoms with van der Waals surface area (Å²) in [7, 11) is 0. The van der Waals surface area contributed by atoms with Crippen LogP contribution in [0.15, 0.2) is 54.6 Å². The van der Waals surface area contributed by atoms with Crippen LogP contribution < -0.4 is 15.4 Å². The van der Waals surface area contributed by atoms with Crippen molar-refractivity contribution in [2.45, 2.75) is 45.6 Å². The summed E-state index contributed by atoms with van der Waals surface area (Å²) in [6.07, 6.45) is 0.978. The van der Waals surface area contributed by atoms with E-state index in [4.69, 9.17) is 17.0 Å². The van der Waals surface area contributed by atoms with E-state index in [1.54, 1.807) is 0 Å². The predicted molar refractivity (Wildman–Crippen MR) is 111 cm³/mol. The molecule has 2 rings (SSSR count). The SMILES string of the molecule is CCOc1ccccc1NC(=S)N[C@H](C)CC(C)(C)c1ccccc1. The zero-order valence-corrected chi connectivity index (χ0v) is 16.3. The Balaban J connectivity index is 1.94. The van der Waals surface area contributed by atoms with Gasteiger partial charge >= 0.3 is 0 Å². The average Bonchev–Trinajstić information content (AvgIpc) is 2.57. The molecule has 0 aliphatic heterocycles. The highest BCUT2D eigenvalue weighted by atomic mass is 32.1. The molecule has 0 amide bonds. The number of nitrogens with one attached hydrogen (secondary N) is 2. The molecular formula is C21H28N2OS. The van der Waals surface area contributed by atoms with Gasteiger partial charge in [-0.3, -0.25) is 0 Å². The molecular weight excluding hydrogens is 328 g/mol. The topological polar surface area (TPSA) is 33.3 Å². The number of hydrogen-bond donors (Lipinski definition) is 2. The molecule has 0 aliphatic carbocycles. The molecule has 2 aromatic rings. The fraction of sp³-hybridized carbons (Fsp3) is 0.381. The maximum Gasteiger partial charge on any atom is 0.171 e. The van der Waals surface area contributed by atoms with Crippen molar-refractivity contribution in [3.63, 3.8) is 0 Å². The number of thiocarbonyl (C=S) groups is 1. The first-order valence-corrected chi connectivity index (χ1v) is 9.18. The molecule has 25 heavy (non-hydrogen) atoms. The fourth-order valence-corrected chi connectivity index (χ4v) is 3.37. The van der Waals surface area contributed by atoms with Crippen molar-refractivity contribution in [2.24, 2.45) is 0 Å². The van der Waals surface area contributed by atoms with E-state index in [2.05, 4.69) is 61.7 Å². The minimum atomic E-state index is 0.0759. The summed E-state index contributed by atoms with van der Waals surface area (Å²) >= 11 is 5.48. The zero-order chi connectivity index (χ0) is 18.3.